The molecule has 0 atom stereocenters. The molecule has 0 bridgehead atoms. The molecule has 1 aliphatic heterocycles. The Bertz CT molecular complexity index is 623. The summed E-state index contributed by atoms with van der Waals surface area (Å²) >= 11 is 0. The van der Waals surface area contributed by atoms with Gasteiger partial charge in [-0.15, -0.1) is 0 Å². The number of likely N-dealkylation sites (tertiary alicyclic amines) is 1. The Hall–Kier alpha value is -2.64. The van der Waals surface area contributed by atoms with Gasteiger partial charge in [0.2, 0.25) is 0 Å². The van der Waals surface area contributed by atoms with Crippen molar-refractivity contribution < 1.29 is 24.0 Å². The Labute approximate surface area is 139 Å². The normalized spacial score (nSPS) is 14.6. The van der Waals surface area contributed by atoms with Crippen LogP contribution in [0.4, 0.5) is 5.69 Å². The van der Waals surface area contributed by atoms with Crippen molar-refractivity contribution in [3.63, 3.8) is 0 Å². The van der Waals surface area contributed by atoms with Gasteiger partial charge in [0.1, 0.15) is 0 Å². The van der Waals surface area contributed by atoms with Crippen LogP contribution in [0.2, 0.25) is 0 Å². The number of nitrogens with zero attached hydrogens (tertiary/aromatic N) is 2. The molecule has 1 heterocycles. The van der Waals surface area contributed by atoms with Crippen LogP contribution in [-0.4, -0.2) is 48.5 Å². The summed E-state index contributed by atoms with van der Waals surface area (Å²) in [5, 5.41) is 11.2. The maximum absolute atomic E-state index is 12.2. The third-order valence-corrected chi connectivity index (χ3v) is 3.89. The maximum Gasteiger partial charge on any atom is 0.338 e. The van der Waals surface area contributed by atoms with Crippen LogP contribution in [-0.2, 0) is 9.53 Å². The van der Waals surface area contributed by atoms with Gasteiger partial charge in [-0.3, -0.25) is 14.9 Å². The number of ether oxygens (including phenoxy) is 2. The molecular weight excluding hydrogens is 316 g/mol. The second-order valence-electron chi connectivity index (χ2n) is 5.51. The minimum Gasteiger partial charge on any atom is -0.477 e. The molecule has 0 aliphatic carbocycles. The van der Waals surface area contributed by atoms with Crippen molar-refractivity contribution in [2.24, 2.45) is 0 Å². The average Bonchev–Trinajstić information content (AvgIpc) is 2.88. The molecule has 1 aromatic rings. The van der Waals surface area contributed by atoms with Crippen molar-refractivity contribution >= 4 is 17.6 Å². The number of benzene rings is 1. The number of nitro groups is 1. The summed E-state index contributed by atoms with van der Waals surface area (Å²) in [7, 11) is 1.19. The summed E-state index contributed by atoms with van der Waals surface area (Å²) in [5.74, 6) is -0.913. The molecule has 8 heteroatoms. The molecule has 0 aromatic heterocycles. The first-order chi connectivity index (χ1) is 11.5. The number of methoxy groups -OCH3 is 1. The molecule has 0 saturated carbocycles. The average molecular weight is 336 g/mol. The number of amides is 1. The van der Waals surface area contributed by atoms with E-state index >= 15 is 0 Å². The first-order valence-electron chi connectivity index (χ1n) is 7.80. The third kappa shape index (κ3) is 4.43. The molecule has 0 unspecified atom stereocenters. The quantitative estimate of drug-likeness (QED) is 0.464. The highest BCUT2D eigenvalue weighted by atomic mass is 16.6. The van der Waals surface area contributed by atoms with Crippen molar-refractivity contribution in [2.45, 2.75) is 25.7 Å². The smallest absolute Gasteiger partial charge is 0.338 e. The second kappa shape index (κ2) is 8.28. The van der Waals surface area contributed by atoms with Gasteiger partial charge < -0.3 is 14.4 Å². The van der Waals surface area contributed by atoms with Gasteiger partial charge in [-0.25, -0.2) is 4.79 Å². The van der Waals surface area contributed by atoms with Crippen LogP contribution in [0, 0.1) is 10.1 Å². The zero-order valence-corrected chi connectivity index (χ0v) is 13.5. The van der Waals surface area contributed by atoms with E-state index in [2.05, 4.69) is 4.74 Å². The lowest BCUT2D eigenvalue weighted by molar-refractivity contribution is -0.385. The van der Waals surface area contributed by atoms with E-state index < -0.39 is 10.9 Å². The first-order valence-corrected chi connectivity index (χ1v) is 7.80. The Morgan fingerprint density at radius 2 is 1.88 bits per heavy atom. The third-order valence-electron chi connectivity index (χ3n) is 3.89. The fourth-order valence-corrected chi connectivity index (χ4v) is 2.58. The number of rotatable bonds is 5. The van der Waals surface area contributed by atoms with E-state index in [9.17, 15) is 19.7 Å². The molecule has 1 saturated heterocycles. The van der Waals surface area contributed by atoms with Crippen LogP contribution >= 0.6 is 0 Å². The van der Waals surface area contributed by atoms with Crippen LogP contribution in [0.3, 0.4) is 0 Å². The van der Waals surface area contributed by atoms with Gasteiger partial charge >= 0.3 is 11.7 Å². The van der Waals surface area contributed by atoms with Gasteiger partial charge in [0, 0.05) is 19.2 Å². The number of nitro benzene ring substituents is 1. The summed E-state index contributed by atoms with van der Waals surface area (Å²) in [5.41, 5.74) is -0.322. The van der Waals surface area contributed by atoms with Crippen LogP contribution in [0.15, 0.2) is 18.2 Å². The van der Waals surface area contributed by atoms with Crippen LogP contribution in [0.1, 0.15) is 36.0 Å². The SMILES string of the molecule is COC(=O)c1ccc(OCC(=O)N2CCCCCC2)c([N+](=O)[O-])c1. The van der Waals surface area contributed by atoms with E-state index in [0.717, 1.165) is 31.7 Å². The number of hydrogen-bond donors (Lipinski definition) is 0. The van der Waals surface area contributed by atoms with Gasteiger partial charge in [-0.2, -0.15) is 0 Å². The monoisotopic (exact) mass is 336 g/mol. The van der Waals surface area contributed by atoms with E-state index in [1.807, 2.05) is 0 Å². The highest BCUT2D eigenvalue weighted by Crippen LogP contribution is 2.28. The van der Waals surface area contributed by atoms with Crippen molar-refractivity contribution in [3.05, 3.63) is 33.9 Å². The number of carbonyl (C=O) groups is 2. The van der Waals surface area contributed by atoms with Crippen molar-refractivity contribution in [3.8, 4) is 5.75 Å². The Kier molecular flexibility index (Phi) is 6.11. The fraction of sp³-hybridized carbons (Fsp3) is 0.500. The Morgan fingerprint density at radius 1 is 1.21 bits per heavy atom. The Morgan fingerprint density at radius 3 is 2.46 bits per heavy atom. The minimum atomic E-state index is -0.676. The van der Waals surface area contributed by atoms with Gasteiger partial charge in [0.25, 0.3) is 5.91 Å². The summed E-state index contributed by atoms with van der Waals surface area (Å²) in [6.45, 7) is 1.11. The van der Waals surface area contributed by atoms with Gasteiger partial charge in [-0.1, -0.05) is 12.8 Å². The van der Waals surface area contributed by atoms with E-state index in [0.29, 0.717) is 13.1 Å². The predicted molar refractivity (Wildman–Crippen MR) is 85.0 cm³/mol. The van der Waals surface area contributed by atoms with E-state index in [1.54, 1.807) is 4.90 Å². The molecule has 130 valence electrons. The van der Waals surface area contributed by atoms with Crippen molar-refractivity contribution in [1.82, 2.24) is 4.90 Å². The molecule has 1 aliphatic rings. The lowest BCUT2D eigenvalue weighted by Gasteiger charge is -2.20. The topological polar surface area (TPSA) is 99.0 Å². The number of esters is 1. The summed E-state index contributed by atoms with van der Waals surface area (Å²) < 4.78 is 9.87. The molecule has 0 N–H and O–H groups in total. The number of hydrogen-bond acceptors (Lipinski definition) is 6. The second-order valence-corrected chi connectivity index (χ2v) is 5.51. The molecule has 0 radical (unpaired) electrons. The molecule has 1 fully saturated rings. The standard InChI is InChI=1S/C16H20N2O6/c1-23-16(20)12-6-7-14(13(10-12)18(21)22)24-11-15(19)17-8-4-2-3-5-9-17/h6-7,10H,2-5,8-9,11H2,1H3. The van der Waals surface area contributed by atoms with Crippen LogP contribution in [0.5, 0.6) is 5.75 Å². The number of carbonyl (C=O) groups excluding carboxylic acids is 2. The predicted octanol–water partition coefficient (Wildman–Crippen LogP) is 2.16. The summed E-state index contributed by atoms with van der Waals surface area (Å²) in [6, 6.07) is 3.75. The highest BCUT2D eigenvalue weighted by Gasteiger charge is 2.21. The summed E-state index contributed by atoms with van der Waals surface area (Å²) in [4.78, 5) is 35.9. The molecular formula is C16H20N2O6. The van der Waals surface area contributed by atoms with E-state index in [4.69, 9.17) is 4.74 Å². The van der Waals surface area contributed by atoms with Crippen LogP contribution < -0.4 is 4.74 Å². The molecule has 0 spiro atoms. The first kappa shape index (κ1) is 17.7. The van der Waals surface area contributed by atoms with Crippen LogP contribution in [0.25, 0.3) is 0 Å². The molecule has 2 rings (SSSR count). The van der Waals surface area contributed by atoms with Gasteiger partial charge in [0.15, 0.2) is 12.4 Å². The van der Waals surface area contributed by atoms with Gasteiger partial charge in [-0.05, 0) is 25.0 Å². The molecule has 1 amide bonds. The van der Waals surface area contributed by atoms with Crippen molar-refractivity contribution in [1.29, 1.82) is 0 Å². The Balaban J connectivity index is 2.06. The fourth-order valence-electron chi connectivity index (χ4n) is 2.58. The highest BCUT2D eigenvalue weighted by molar-refractivity contribution is 5.90. The van der Waals surface area contributed by atoms with E-state index in [1.165, 1.54) is 19.2 Å². The zero-order valence-electron chi connectivity index (χ0n) is 13.5. The maximum atomic E-state index is 12.2. The van der Waals surface area contributed by atoms with Crippen molar-refractivity contribution in [2.75, 3.05) is 26.8 Å². The largest absolute Gasteiger partial charge is 0.477 e. The van der Waals surface area contributed by atoms with Gasteiger partial charge in [0.05, 0.1) is 17.6 Å². The summed E-state index contributed by atoms with van der Waals surface area (Å²) in [6.07, 6.45) is 4.12. The molecule has 1 aromatic carbocycles. The zero-order chi connectivity index (χ0) is 17.5. The molecule has 8 nitrogen and oxygen atoms in total. The minimum absolute atomic E-state index is 0.0455. The molecule has 24 heavy (non-hydrogen) atoms. The van der Waals surface area contributed by atoms with E-state index in [-0.39, 0.29) is 29.5 Å². The lowest BCUT2D eigenvalue weighted by Crippen LogP contribution is -2.35. The lowest BCUT2D eigenvalue weighted by atomic mass is 10.2.